The summed E-state index contributed by atoms with van der Waals surface area (Å²) in [5, 5.41) is 12.6. The van der Waals surface area contributed by atoms with Crippen molar-refractivity contribution in [3.05, 3.63) is 0 Å². The molecule has 0 heterocycles. The van der Waals surface area contributed by atoms with Gasteiger partial charge in [-0.2, -0.15) is 0 Å². The number of ether oxygens (including phenoxy) is 1. The Labute approximate surface area is 84.6 Å². The highest BCUT2D eigenvalue weighted by Gasteiger charge is 2.18. The zero-order valence-electron chi connectivity index (χ0n) is 8.66. The molecular weight excluding hydrogens is 182 g/mol. The second kappa shape index (κ2) is 5.98. The number of hydrogen-bond acceptors (Lipinski definition) is 4. The number of nitrogens with one attached hydrogen (secondary N) is 1. The first-order valence-corrected chi connectivity index (χ1v) is 5.20. The maximum absolute atomic E-state index is 10.8. The Morgan fingerprint density at radius 3 is 2.64 bits per heavy atom. The molecule has 0 spiro atoms. The lowest BCUT2D eigenvalue weighted by Gasteiger charge is -2.26. The summed E-state index contributed by atoms with van der Waals surface area (Å²) in [4.78, 5) is 10.8. The van der Waals surface area contributed by atoms with Crippen molar-refractivity contribution in [2.24, 2.45) is 0 Å². The molecule has 4 nitrogen and oxygen atoms in total. The zero-order chi connectivity index (χ0) is 10.4. The molecule has 0 aromatic rings. The van der Waals surface area contributed by atoms with Crippen LogP contribution in [0.2, 0.25) is 0 Å². The van der Waals surface area contributed by atoms with E-state index in [4.69, 9.17) is 0 Å². The number of carbonyl (C=O) groups is 1. The van der Waals surface area contributed by atoms with Crippen molar-refractivity contribution in [1.82, 2.24) is 5.32 Å². The van der Waals surface area contributed by atoms with Crippen molar-refractivity contribution in [2.75, 3.05) is 13.7 Å². The predicted octanol–water partition coefficient (Wildman–Crippen LogP) is 0.443. The maximum atomic E-state index is 10.8. The topological polar surface area (TPSA) is 58.6 Å². The third kappa shape index (κ3) is 4.07. The van der Waals surface area contributed by atoms with Gasteiger partial charge in [0.1, 0.15) is 0 Å². The molecule has 4 heteroatoms. The molecule has 0 saturated heterocycles. The van der Waals surface area contributed by atoms with Crippen molar-refractivity contribution in [2.45, 2.75) is 44.2 Å². The number of rotatable bonds is 4. The first-order valence-electron chi connectivity index (χ1n) is 5.20. The van der Waals surface area contributed by atoms with Gasteiger partial charge in [0.2, 0.25) is 0 Å². The van der Waals surface area contributed by atoms with E-state index in [-0.39, 0.29) is 12.1 Å². The van der Waals surface area contributed by atoms with Gasteiger partial charge in [0.05, 0.1) is 19.6 Å². The number of carbonyl (C=O) groups excluding carboxylic acids is 1. The van der Waals surface area contributed by atoms with Gasteiger partial charge in [-0.15, -0.1) is 0 Å². The molecule has 1 aliphatic rings. The quantitative estimate of drug-likeness (QED) is 0.648. The number of aliphatic hydroxyl groups excluding tert-OH is 1. The van der Waals surface area contributed by atoms with Crippen molar-refractivity contribution in [1.29, 1.82) is 0 Å². The van der Waals surface area contributed by atoms with Crippen LogP contribution in [0.3, 0.4) is 0 Å². The number of esters is 1. The van der Waals surface area contributed by atoms with E-state index in [0.717, 1.165) is 25.7 Å². The summed E-state index contributed by atoms with van der Waals surface area (Å²) in [6.07, 6.45) is 4.06. The molecule has 0 radical (unpaired) electrons. The number of aliphatic hydroxyl groups is 1. The van der Waals surface area contributed by atoms with Crippen molar-refractivity contribution >= 4 is 5.97 Å². The first kappa shape index (κ1) is 11.5. The molecule has 1 saturated carbocycles. The van der Waals surface area contributed by atoms with E-state index in [1.807, 2.05) is 0 Å². The van der Waals surface area contributed by atoms with Gasteiger partial charge in [-0.25, -0.2) is 0 Å². The lowest BCUT2D eigenvalue weighted by molar-refractivity contribution is -0.140. The largest absolute Gasteiger partial charge is 0.469 e. The fourth-order valence-electron chi connectivity index (χ4n) is 1.76. The SMILES string of the molecule is COC(=O)CCNC1CCC(O)CC1. The van der Waals surface area contributed by atoms with Crippen LogP contribution in [0.15, 0.2) is 0 Å². The average Bonchev–Trinajstić information content (AvgIpc) is 2.21. The molecule has 1 rings (SSSR count). The minimum absolute atomic E-state index is 0.117. The minimum atomic E-state index is -0.173. The van der Waals surface area contributed by atoms with E-state index in [1.165, 1.54) is 7.11 Å². The van der Waals surface area contributed by atoms with Crippen LogP contribution in [0.25, 0.3) is 0 Å². The minimum Gasteiger partial charge on any atom is -0.469 e. The monoisotopic (exact) mass is 201 g/mol. The molecule has 82 valence electrons. The lowest BCUT2D eigenvalue weighted by Crippen LogP contribution is -2.35. The fourth-order valence-corrected chi connectivity index (χ4v) is 1.76. The van der Waals surface area contributed by atoms with Crippen LogP contribution in [0.4, 0.5) is 0 Å². The third-order valence-electron chi connectivity index (χ3n) is 2.69. The molecule has 2 N–H and O–H groups in total. The van der Waals surface area contributed by atoms with E-state index in [9.17, 15) is 9.90 Å². The molecule has 1 fully saturated rings. The van der Waals surface area contributed by atoms with E-state index in [1.54, 1.807) is 0 Å². The standard InChI is InChI=1S/C10H19NO3/c1-14-10(13)6-7-11-8-2-4-9(12)5-3-8/h8-9,11-12H,2-7H2,1H3. The van der Waals surface area contributed by atoms with Gasteiger partial charge in [0.25, 0.3) is 0 Å². The van der Waals surface area contributed by atoms with Crippen molar-refractivity contribution in [3.8, 4) is 0 Å². The summed E-state index contributed by atoms with van der Waals surface area (Å²) in [5.74, 6) is -0.173. The van der Waals surface area contributed by atoms with Gasteiger partial charge in [-0.3, -0.25) is 4.79 Å². The Morgan fingerprint density at radius 2 is 2.07 bits per heavy atom. The summed E-state index contributed by atoms with van der Waals surface area (Å²) in [7, 11) is 1.40. The van der Waals surface area contributed by atoms with E-state index in [0.29, 0.717) is 19.0 Å². The fraction of sp³-hybridized carbons (Fsp3) is 0.900. The van der Waals surface area contributed by atoms with E-state index >= 15 is 0 Å². The Balaban J connectivity index is 2.04. The van der Waals surface area contributed by atoms with Crippen LogP contribution in [-0.2, 0) is 9.53 Å². The predicted molar refractivity (Wildman–Crippen MR) is 52.9 cm³/mol. The van der Waals surface area contributed by atoms with Crippen molar-refractivity contribution in [3.63, 3.8) is 0 Å². The first-order chi connectivity index (χ1) is 6.72. The maximum Gasteiger partial charge on any atom is 0.306 e. The van der Waals surface area contributed by atoms with Crippen LogP contribution >= 0.6 is 0 Å². The lowest BCUT2D eigenvalue weighted by atomic mass is 9.93. The van der Waals surface area contributed by atoms with Gasteiger partial charge < -0.3 is 15.2 Å². The summed E-state index contributed by atoms with van der Waals surface area (Å²) < 4.78 is 4.54. The van der Waals surface area contributed by atoms with Crippen LogP contribution in [0.5, 0.6) is 0 Å². The van der Waals surface area contributed by atoms with Gasteiger partial charge in [0, 0.05) is 12.6 Å². The molecular formula is C10H19NO3. The second-order valence-corrected chi connectivity index (χ2v) is 3.79. The van der Waals surface area contributed by atoms with Crippen LogP contribution in [0, 0.1) is 0 Å². The van der Waals surface area contributed by atoms with Gasteiger partial charge in [-0.1, -0.05) is 0 Å². The molecule has 0 atom stereocenters. The Hall–Kier alpha value is -0.610. The normalized spacial score (nSPS) is 27.3. The van der Waals surface area contributed by atoms with Crippen LogP contribution in [-0.4, -0.2) is 36.9 Å². The van der Waals surface area contributed by atoms with Crippen LogP contribution in [0.1, 0.15) is 32.1 Å². The molecule has 0 aromatic carbocycles. The summed E-state index contributed by atoms with van der Waals surface area (Å²) in [5.41, 5.74) is 0. The molecule has 0 aromatic heterocycles. The second-order valence-electron chi connectivity index (χ2n) is 3.79. The highest BCUT2D eigenvalue weighted by Crippen LogP contribution is 2.17. The molecule has 0 bridgehead atoms. The molecule has 1 aliphatic carbocycles. The van der Waals surface area contributed by atoms with Crippen LogP contribution < -0.4 is 5.32 Å². The molecule has 14 heavy (non-hydrogen) atoms. The zero-order valence-corrected chi connectivity index (χ0v) is 8.66. The molecule has 0 amide bonds. The van der Waals surface area contributed by atoms with Gasteiger partial charge in [-0.05, 0) is 25.7 Å². The number of hydrogen-bond donors (Lipinski definition) is 2. The third-order valence-corrected chi connectivity index (χ3v) is 2.69. The smallest absolute Gasteiger partial charge is 0.306 e. The Kier molecular flexibility index (Phi) is 4.90. The summed E-state index contributed by atoms with van der Waals surface area (Å²) in [6.45, 7) is 0.674. The molecule has 0 unspecified atom stereocenters. The van der Waals surface area contributed by atoms with Crippen molar-refractivity contribution < 1.29 is 14.6 Å². The van der Waals surface area contributed by atoms with E-state index in [2.05, 4.69) is 10.1 Å². The summed E-state index contributed by atoms with van der Waals surface area (Å²) in [6, 6.07) is 0.461. The highest BCUT2D eigenvalue weighted by atomic mass is 16.5. The van der Waals surface area contributed by atoms with Gasteiger partial charge in [0.15, 0.2) is 0 Å². The average molecular weight is 201 g/mol. The Bertz CT molecular complexity index is 176. The Morgan fingerprint density at radius 1 is 1.43 bits per heavy atom. The summed E-state index contributed by atoms with van der Waals surface area (Å²) >= 11 is 0. The number of methoxy groups -OCH3 is 1. The highest BCUT2D eigenvalue weighted by molar-refractivity contribution is 5.69. The van der Waals surface area contributed by atoms with E-state index < -0.39 is 0 Å². The van der Waals surface area contributed by atoms with Gasteiger partial charge >= 0.3 is 5.97 Å². The molecule has 0 aliphatic heterocycles.